The number of hydrogen-bond acceptors (Lipinski definition) is 3. The second-order valence-corrected chi connectivity index (χ2v) is 6.07. The molecule has 126 valence electrons. The molecule has 0 spiro atoms. The molecular weight excluding hydrogens is 343 g/mol. The number of amides is 2. The number of aliphatic carboxylic acids is 1. The summed E-state index contributed by atoms with van der Waals surface area (Å²) < 4.78 is 5.33. The number of carbonyl (C=O) groups is 2. The third kappa shape index (κ3) is 4.42. The summed E-state index contributed by atoms with van der Waals surface area (Å²) >= 11 is 12.2. The summed E-state index contributed by atoms with van der Waals surface area (Å²) in [5.41, 5.74) is 0.436. The fraction of sp³-hybridized carbons (Fsp3) is 0.467. The third-order valence-electron chi connectivity index (χ3n) is 3.60. The molecular formula is C15H18Cl2N2O4. The minimum Gasteiger partial charge on any atom is -0.491 e. The number of rotatable bonds is 4. The van der Waals surface area contributed by atoms with Crippen molar-refractivity contribution in [2.75, 3.05) is 25.0 Å². The molecule has 8 heteroatoms. The van der Waals surface area contributed by atoms with Crippen LogP contribution in [0.1, 0.15) is 19.8 Å². The van der Waals surface area contributed by atoms with Crippen LogP contribution in [0.5, 0.6) is 5.75 Å². The van der Waals surface area contributed by atoms with E-state index in [4.69, 9.17) is 33.0 Å². The Balaban J connectivity index is 2.06. The van der Waals surface area contributed by atoms with E-state index in [-0.39, 0.29) is 12.6 Å². The molecule has 0 aromatic heterocycles. The maximum atomic E-state index is 12.3. The molecule has 1 atom stereocenters. The highest BCUT2D eigenvalue weighted by atomic mass is 35.5. The van der Waals surface area contributed by atoms with Crippen LogP contribution in [-0.4, -0.2) is 41.7 Å². The van der Waals surface area contributed by atoms with Gasteiger partial charge < -0.3 is 20.1 Å². The number of carbonyl (C=O) groups excluding carboxylic acids is 1. The van der Waals surface area contributed by atoms with Gasteiger partial charge in [-0.05, 0) is 31.9 Å². The number of hydrogen-bond donors (Lipinski definition) is 2. The number of anilines is 1. The highest BCUT2D eigenvalue weighted by Gasteiger charge is 2.28. The molecule has 2 amide bonds. The lowest BCUT2D eigenvalue weighted by Gasteiger charge is -2.30. The molecule has 1 heterocycles. The van der Waals surface area contributed by atoms with E-state index in [0.717, 1.165) is 0 Å². The monoisotopic (exact) mass is 360 g/mol. The third-order valence-corrected chi connectivity index (χ3v) is 4.16. The van der Waals surface area contributed by atoms with Gasteiger partial charge in [0.2, 0.25) is 0 Å². The molecule has 0 radical (unpaired) electrons. The number of benzene rings is 1. The largest absolute Gasteiger partial charge is 0.491 e. The van der Waals surface area contributed by atoms with E-state index in [0.29, 0.717) is 47.5 Å². The first-order valence-electron chi connectivity index (χ1n) is 7.33. The highest BCUT2D eigenvalue weighted by molar-refractivity contribution is 6.37. The molecule has 0 bridgehead atoms. The summed E-state index contributed by atoms with van der Waals surface area (Å²) in [6.45, 7) is 2.96. The molecule has 2 rings (SSSR count). The number of piperidine rings is 1. The molecule has 1 aromatic carbocycles. The van der Waals surface area contributed by atoms with Crippen molar-refractivity contribution in [3.8, 4) is 5.75 Å². The Kier molecular flexibility index (Phi) is 5.96. The van der Waals surface area contributed by atoms with Gasteiger partial charge in [0.1, 0.15) is 0 Å². The van der Waals surface area contributed by atoms with Crippen molar-refractivity contribution in [2.45, 2.75) is 19.8 Å². The van der Waals surface area contributed by atoms with E-state index >= 15 is 0 Å². The van der Waals surface area contributed by atoms with Crippen LogP contribution in [0.3, 0.4) is 0 Å². The zero-order valence-electron chi connectivity index (χ0n) is 12.6. The van der Waals surface area contributed by atoms with Crippen LogP contribution in [0.15, 0.2) is 12.1 Å². The molecule has 1 fully saturated rings. The lowest BCUT2D eigenvalue weighted by Crippen LogP contribution is -2.44. The van der Waals surface area contributed by atoms with Gasteiger partial charge >= 0.3 is 12.0 Å². The first-order valence-corrected chi connectivity index (χ1v) is 8.08. The molecule has 1 aromatic rings. The summed E-state index contributed by atoms with van der Waals surface area (Å²) in [6.07, 6.45) is 1.25. The van der Waals surface area contributed by atoms with Crippen molar-refractivity contribution in [3.05, 3.63) is 22.2 Å². The molecule has 6 nitrogen and oxygen atoms in total. The normalized spacial score (nSPS) is 17.7. The van der Waals surface area contributed by atoms with E-state index in [1.165, 1.54) is 4.90 Å². The summed E-state index contributed by atoms with van der Waals surface area (Å²) in [5, 5.41) is 12.4. The van der Waals surface area contributed by atoms with Crippen molar-refractivity contribution < 1.29 is 19.4 Å². The Hall–Kier alpha value is -1.66. The van der Waals surface area contributed by atoms with Gasteiger partial charge in [-0.2, -0.15) is 0 Å². The first kappa shape index (κ1) is 17.7. The molecule has 2 N–H and O–H groups in total. The number of likely N-dealkylation sites (tertiary alicyclic amines) is 1. The number of carboxylic acid groups (broad SMARTS) is 1. The molecule has 1 aliphatic heterocycles. The van der Waals surface area contributed by atoms with Crippen molar-refractivity contribution >= 4 is 40.9 Å². The smallest absolute Gasteiger partial charge is 0.321 e. The minimum atomic E-state index is -0.880. The van der Waals surface area contributed by atoms with Crippen molar-refractivity contribution in [2.24, 2.45) is 5.92 Å². The van der Waals surface area contributed by atoms with Crippen molar-refractivity contribution in [3.63, 3.8) is 0 Å². The van der Waals surface area contributed by atoms with Gasteiger partial charge in [-0.15, -0.1) is 0 Å². The van der Waals surface area contributed by atoms with Gasteiger partial charge in [0.15, 0.2) is 5.75 Å². The zero-order valence-corrected chi connectivity index (χ0v) is 14.2. The topological polar surface area (TPSA) is 78.9 Å². The molecule has 1 aliphatic rings. The number of nitrogens with one attached hydrogen (secondary N) is 1. The fourth-order valence-corrected chi connectivity index (χ4v) is 3.08. The fourth-order valence-electron chi connectivity index (χ4n) is 2.48. The molecule has 1 saturated heterocycles. The maximum Gasteiger partial charge on any atom is 0.321 e. The predicted molar refractivity (Wildman–Crippen MR) is 88.6 cm³/mol. The first-order chi connectivity index (χ1) is 10.9. The van der Waals surface area contributed by atoms with Gasteiger partial charge in [-0.1, -0.05) is 23.2 Å². The van der Waals surface area contributed by atoms with Crippen LogP contribution in [0.25, 0.3) is 0 Å². The van der Waals surface area contributed by atoms with Crippen LogP contribution >= 0.6 is 23.2 Å². The second-order valence-electron chi connectivity index (χ2n) is 5.26. The van der Waals surface area contributed by atoms with E-state index < -0.39 is 11.9 Å². The van der Waals surface area contributed by atoms with Gasteiger partial charge in [-0.3, -0.25) is 4.79 Å². The summed E-state index contributed by atoms with van der Waals surface area (Å²) in [5.74, 6) is -1.03. The summed E-state index contributed by atoms with van der Waals surface area (Å²) in [7, 11) is 0. The standard InChI is InChI=1S/C15H18Cl2N2O4/c1-2-23-13-11(16)6-10(7-12(13)17)18-15(22)19-5-3-4-9(8-19)14(20)21/h6-7,9H,2-5,8H2,1H3,(H,18,22)(H,20,21). The zero-order chi connectivity index (χ0) is 17.0. The van der Waals surface area contributed by atoms with Gasteiger partial charge in [0.25, 0.3) is 0 Å². The second kappa shape index (κ2) is 7.75. The molecule has 1 unspecified atom stereocenters. The van der Waals surface area contributed by atoms with Crippen molar-refractivity contribution in [1.29, 1.82) is 0 Å². The lowest BCUT2D eigenvalue weighted by atomic mass is 9.99. The van der Waals surface area contributed by atoms with Crippen molar-refractivity contribution in [1.82, 2.24) is 4.90 Å². The van der Waals surface area contributed by atoms with Crippen LogP contribution in [0.2, 0.25) is 10.0 Å². The van der Waals surface area contributed by atoms with Gasteiger partial charge in [0.05, 0.1) is 22.6 Å². The Morgan fingerprint density at radius 2 is 2.04 bits per heavy atom. The number of carboxylic acids is 1. The SMILES string of the molecule is CCOc1c(Cl)cc(NC(=O)N2CCCC(C(=O)O)C2)cc1Cl. The van der Waals surface area contributed by atoms with Crippen LogP contribution in [-0.2, 0) is 4.79 Å². The van der Waals surface area contributed by atoms with Crippen LogP contribution < -0.4 is 10.1 Å². The number of ether oxygens (including phenoxy) is 1. The Labute approximate surface area is 144 Å². The van der Waals surface area contributed by atoms with Crippen LogP contribution in [0, 0.1) is 5.92 Å². The number of nitrogens with zero attached hydrogens (tertiary/aromatic N) is 1. The van der Waals surface area contributed by atoms with Crippen LogP contribution in [0.4, 0.5) is 10.5 Å². The minimum absolute atomic E-state index is 0.194. The lowest BCUT2D eigenvalue weighted by molar-refractivity contribution is -0.143. The Morgan fingerprint density at radius 1 is 1.39 bits per heavy atom. The van der Waals surface area contributed by atoms with E-state index in [1.54, 1.807) is 12.1 Å². The predicted octanol–water partition coefficient (Wildman–Crippen LogP) is 3.72. The summed E-state index contributed by atoms with van der Waals surface area (Å²) in [6, 6.07) is 2.73. The summed E-state index contributed by atoms with van der Waals surface area (Å²) in [4.78, 5) is 24.8. The van der Waals surface area contributed by atoms with Gasteiger partial charge in [-0.25, -0.2) is 4.79 Å². The average molecular weight is 361 g/mol. The Morgan fingerprint density at radius 3 is 2.61 bits per heavy atom. The molecule has 0 aliphatic carbocycles. The molecule has 0 saturated carbocycles. The highest BCUT2D eigenvalue weighted by Crippen LogP contribution is 2.36. The maximum absolute atomic E-state index is 12.3. The van der Waals surface area contributed by atoms with E-state index in [1.807, 2.05) is 6.92 Å². The molecule has 23 heavy (non-hydrogen) atoms. The van der Waals surface area contributed by atoms with E-state index in [9.17, 15) is 9.59 Å². The van der Waals surface area contributed by atoms with E-state index in [2.05, 4.69) is 5.32 Å². The Bertz CT molecular complexity index is 586. The average Bonchev–Trinajstić information content (AvgIpc) is 2.51. The quantitative estimate of drug-likeness (QED) is 0.857. The number of halogens is 2. The number of urea groups is 1. The van der Waals surface area contributed by atoms with Gasteiger partial charge in [0, 0.05) is 18.8 Å².